The van der Waals surface area contributed by atoms with Gasteiger partial charge in [0.05, 0.1) is 17.1 Å². The molecule has 4 N–H and O–H groups in total. The van der Waals surface area contributed by atoms with E-state index in [1.807, 2.05) is 43.3 Å². The van der Waals surface area contributed by atoms with E-state index < -0.39 is 6.03 Å². The molecule has 24 heavy (non-hydrogen) atoms. The van der Waals surface area contributed by atoms with Crippen molar-refractivity contribution in [1.29, 1.82) is 0 Å². The highest BCUT2D eigenvalue weighted by molar-refractivity contribution is 5.93. The molecule has 0 aliphatic rings. The molecule has 0 saturated carbocycles. The molecule has 0 unspecified atom stereocenters. The minimum atomic E-state index is -0.648. The van der Waals surface area contributed by atoms with Gasteiger partial charge in [-0.2, -0.15) is 0 Å². The van der Waals surface area contributed by atoms with Crippen molar-refractivity contribution in [1.82, 2.24) is 9.97 Å². The van der Waals surface area contributed by atoms with Crippen molar-refractivity contribution < 1.29 is 4.79 Å². The maximum atomic E-state index is 11.3. The van der Waals surface area contributed by atoms with Crippen LogP contribution in [0.1, 0.15) is 5.56 Å². The number of rotatable bonds is 3. The van der Waals surface area contributed by atoms with E-state index in [2.05, 4.69) is 10.3 Å². The smallest absolute Gasteiger partial charge is 0.316 e. The highest BCUT2D eigenvalue weighted by Crippen LogP contribution is 2.31. The van der Waals surface area contributed by atoms with Crippen LogP contribution in [0.5, 0.6) is 0 Å². The number of pyridine rings is 2. The molecule has 0 bridgehead atoms. The van der Waals surface area contributed by atoms with Gasteiger partial charge in [0.2, 0.25) is 5.56 Å². The predicted molar refractivity (Wildman–Crippen MR) is 93.7 cm³/mol. The van der Waals surface area contributed by atoms with E-state index in [0.29, 0.717) is 11.4 Å². The van der Waals surface area contributed by atoms with E-state index in [9.17, 15) is 9.59 Å². The molecule has 0 aliphatic heterocycles. The first-order valence-corrected chi connectivity index (χ1v) is 7.37. The largest absolute Gasteiger partial charge is 0.351 e. The number of primary amides is 1. The van der Waals surface area contributed by atoms with Crippen LogP contribution in [0, 0.1) is 6.92 Å². The Bertz CT molecular complexity index is 928. The number of carbonyl (C=O) groups excluding carboxylic acids is 1. The molecule has 0 saturated heterocycles. The predicted octanol–water partition coefficient (Wildman–Crippen LogP) is 2.90. The number of nitrogens with zero attached hydrogens (tertiary/aromatic N) is 1. The maximum Gasteiger partial charge on any atom is 0.316 e. The number of amides is 2. The van der Waals surface area contributed by atoms with Crippen molar-refractivity contribution >= 4 is 11.7 Å². The summed E-state index contributed by atoms with van der Waals surface area (Å²) in [5.41, 5.74) is 9.46. The first-order chi connectivity index (χ1) is 11.5. The average Bonchev–Trinajstić information content (AvgIpc) is 2.56. The zero-order valence-electron chi connectivity index (χ0n) is 13.0. The third-order valence-corrected chi connectivity index (χ3v) is 3.58. The minimum absolute atomic E-state index is 0.174. The number of aromatic amines is 1. The number of benzene rings is 1. The monoisotopic (exact) mass is 320 g/mol. The number of nitrogens with one attached hydrogen (secondary N) is 2. The summed E-state index contributed by atoms with van der Waals surface area (Å²) in [6.45, 7) is 1.88. The van der Waals surface area contributed by atoms with Crippen LogP contribution < -0.4 is 16.6 Å². The molecule has 1 aromatic carbocycles. The first-order valence-electron chi connectivity index (χ1n) is 7.37. The number of hydrogen-bond donors (Lipinski definition) is 3. The average molecular weight is 320 g/mol. The van der Waals surface area contributed by atoms with E-state index >= 15 is 0 Å². The summed E-state index contributed by atoms with van der Waals surface area (Å²) in [6.07, 6.45) is 1.62. The Morgan fingerprint density at radius 2 is 1.83 bits per heavy atom. The van der Waals surface area contributed by atoms with Crippen molar-refractivity contribution in [2.24, 2.45) is 5.73 Å². The third-order valence-electron chi connectivity index (χ3n) is 3.58. The van der Waals surface area contributed by atoms with Gasteiger partial charge >= 0.3 is 6.03 Å². The number of aromatic nitrogens is 2. The van der Waals surface area contributed by atoms with Crippen molar-refractivity contribution in [3.05, 3.63) is 70.6 Å². The molecule has 0 aliphatic carbocycles. The number of hydrogen-bond acceptors (Lipinski definition) is 3. The number of urea groups is 1. The number of carbonyl (C=O) groups is 1. The number of anilines is 1. The molecule has 3 aromatic rings. The summed E-state index contributed by atoms with van der Waals surface area (Å²) in [7, 11) is 0. The summed E-state index contributed by atoms with van der Waals surface area (Å²) < 4.78 is 0. The van der Waals surface area contributed by atoms with Gasteiger partial charge in [-0.15, -0.1) is 0 Å². The number of nitrogens with two attached hydrogens (primary N) is 1. The molecule has 2 aromatic heterocycles. The second-order valence-corrected chi connectivity index (χ2v) is 5.35. The SMILES string of the molecule is Cc1cc(NC(N)=O)c(-c2ccccc2)nc1-c1ccc(=O)[nH]c1. The van der Waals surface area contributed by atoms with Gasteiger partial charge in [0, 0.05) is 23.4 Å². The Kier molecular flexibility index (Phi) is 4.11. The van der Waals surface area contributed by atoms with Crippen LogP contribution in [0.4, 0.5) is 10.5 Å². The van der Waals surface area contributed by atoms with Gasteiger partial charge in [-0.25, -0.2) is 9.78 Å². The lowest BCUT2D eigenvalue weighted by Crippen LogP contribution is -2.20. The van der Waals surface area contributed by atoms with Crippen molar-refractivity contribution in [2.75, 3.05) is 5.32 Å². The number of H-pyrrole nitrogens is 1. The van der Waals surface area contributed by atoms with Crippen LogP contribution in [0.2, 0.25) is 0 Å². The van der Waals surface area contributed by atoms with E-state index in [0.717, 1.165) is 22.4 Å². The fraction of sp³-hybridized carbons (Fsp3) is 0.0556. The molecule has 0 atom stereocenters. The lowest BCUT2D eigenvalue weighted by molar-refractivity contribution is 0.259. The molecular formula is C18H16N4O2. The van der Waals surface area contributed by atoms with Crippen LogP contribution in [-0.4, -0.2) is 16.0 Å². The zero-order chi connectivity index (χ0) is 17.1. The standard InChI is InChI=1S/C18H16N4O2/c1-11-9-14(21-18(19)24)17(12-5-3-2-4-6-12)22-16(11)13-7-8-15(23)20-10-13/h2-10H,1H3,(H,20,23)(H3,19,21,24). The van der Waals surface area contributed by atoms with E-state index in [1.165, 1.54) is 6.07 Å². The fourth-order valence-electron chi connectivity index (χ4n) is 2.51. The van der Waals surface area contributed by atoms with Crippen molar-refractivity contribution in [2.45, 2.75) is 6.92 Å². The van der Waals surface area contributed by atoms with Crippen LogP contribution in [-0.2, 0) is 0 Å². The summed E-state index contributed by atoms with van der Waals surface area (Å²) in [5.74, 6) is 0. The topological polar surface area (TPSA) is 101 Å². The Hall–Kier alpha value is -3.41. The zero-order valence-corrected chi connectivity index (χ0v) is 13.0. The summed E-state index contributed by atoms with van der Waals surface area (Å²) in [5, 5.41) is 2.62. The van der Waals surface area contributed by atoms with Gasteiger partial charge in [0.1, 0.15) is 0 Å². The Morgan fingerprint density at radius 1 is 1.08 bits per heavy atom. The van der Waals surface area contributed by atoms with Gasteiger partial charge in [-0.3, -0.25) is 4.79 Å². The molecule has 6 nitrogen and oxygen atoms in total. The normalized spacial score (nSPS) is 10.4. The third kappa shape index (κ3) is 3.17. The highest BCUT2D eigenvalue weighted by atomic mass is 16.2. The van der Waals surface area contributed by atoms with E-state index in [-0.39, 0.29) is 5.56 Å². The van der Waals surface area contributed by atoms with Crippen LogP contribution in [0.15, 0.2) is 59.5 Å². The molecule has 0 radical (unpaired) electrons. The highest BCUT2D eigenvalue weighted by Gasteiger charge is 2.14. The molecule has 2 amide bonds. The van der Waals surface area contributed by atoms with Crippen molar-refractivity contribution in [3.63, 3.8) is 0 Å². The molecule has 0 fully saturated rings. The molecular weight excluding hydrogens is 304 g/mol. The molecule has 0 spiro atoms. The van der Waals surface area contributed by atoms with Gasteiger partial charge in [0.15, 0.2) is 0 Å². The molecule has 120 valence electrons. The van der Waals surface area contributed by atoms with Gasteiger partial charge in [-0.1, -0.05) is 30.3 Å². The molecule has 2 heterocycles. The van der Waals surface area contributed by atoms with E-state index in [4.69, 9.17) is 10.7 Å². The van der Waals surface area contributed by atoms with Crippen LogP contribution in [0.25, 0.3) is 22.5 Å². The number of aryl methyl sites for hydroxylation is 1. The molecule has 6 heteroatoms. The maximum absolute atomic E-state index is 11.3. The molecule has 3 rings (SSSR count). The van der Waals surface area contributed by atoms with Crippen LogP contribution >= 0.6 is 0 Å². The lowest BCUT2D eigenvalue weighted by Gasteiger charge is -2.14. The lowest BCUT2D eigenvalue weighted by atomic mass is 10.0. The van der Waals surface area contributed by atoms with Gasteiger partial charge in [0.25, 0.3) is 0 Å². The van der Waals surface area contributed by atoms with Crippen LogP contribution in [0.3, 0.4) is 0 Å². The first kappa shape index (κ1) is 15.5. The second-order valence-electron chi connectivity index (χ2n) is 5.35. The Balaban J connectivity index is 2.20. The summed E-state index contributed by atoms with van der Waals surface area (Å²) in [6, 6.07) is 13.8. The van der Waals surface area contributed by atoms with E-state index in [1.54, 1.807) is 12.3 Å². The Labute approximate surface area is 138 Å². The summed E-state index contributed by atoms with van der Waals surface area (Å²) >= 11 is 0. The fourth-order valence-corrected chi connectivity index (χ4v) is 2.51. The second kappa shape index (κ2) is 6.37. The quantitative estimate of drug-likeness (QED) is 0.691. The van der Waals surface area contributed by atoms with Crippen molar-refractivity contribution in [3.8, 4) is 22.5 Å². The van der Waals surface area contributed by atoms with Gasteiger partial charge < -0.3 is 16.0 Å². The Morgan fingerprint density at radius 3 is 2.46 bits per heavy atom. The summed E-state index contributed by atoms with van der Waals surface area (Å²) in [4.78, 5) is 29.9. The van der Waals surface area contributed by atoms with Gasteiger partial charge in [-0.05, 0) is 24.6 Å². The minimum Gasteiger partial charge on any atom is -0.351 e.